The number of carbonyl (C=O) groups excluding carboxylic acids is 1. The lowest BCUT2D eigenvalue weighted by Crippen LogP contribution is -2.42. The molecule has 0 aromatic rings. The molecule has 0 spiro atoms. The van der Waals surface area contributed by atoms with E-state index < -0.39 is 0 Å². The van der Waals surface area contributed by atoms with E-state index in [-0.39, 0.29) is 0 Å². The second kappa shape index (κ2) is 4.31. The number of hydrogen-bond acceptors (Lipinski definition) is 3. The lowest BCUT2D eigenvalue weighted by molar-refractivity contribution is -0.114. The minimum Gasteiger partial charge on any atom is -0.383 e. The maximum absolute atomic E-state index is 10.1. The highest BCUT2D eigenvalue weighted by atomic mass is 16.5. The van der Waals surface area contributed by atoms with Crippen molar-refractivity contribution in [3.05, 3.63) is 0 Å². The van der Waals surface area contributed by atoms with Gasteiger partial charge < -0.3 is 4.74 Å². The van der Waals surface area contributed by atoms with Crippen molar-refractivity contribution in [2.75, 3.05) is 20.3 Å². The molecule has 0 unspecified atom stereocenters. The lowest BCUT2D eigenvalue weighted by atomic mass is 10.2. The molecule has 1 aliphatic heterocycles. The summed E-state index contributed by atoms with van der Waals surface area (Å²) in [6.45, 7) is 1.63. The van der Waals surface area contributed by atoms with Gasteiger partial charge in [0.25, 0.3) is 0 Å². The van der Waals surface area contributed by atoms with Crippen LogP contribution in [0.5, 0.6) is 0 Å². The van der Waals surface area contributed by atoms with Crippen molar-refractivity contribution in [2.24, 2.45) is 0 Å². The molecule has 0 bridgehead atoms. The highest BCUT2D eigenvalue weighted by Crippen LogP contribution is 2.13. The van der Waals surface area contributed by atoms with Crippen LogP contribution >= 0.6 is 0 Å². The fourth-order valence-electron chi connectivity index (χ4n) is 1.44. The van der Waals surface area contributed by atoms with E-state index in [1.807, 2.05) is 5.01 Å². The molecule has 11 heavy (non-hydrogen) atoms. The van der Waals surface area contributed by atoms with Crippen LogP contribution in [0.25, 0.3) is 0 Å². The molecule has 1 fully saturated rings. The SMILES string of the molecule is COC[C@@H]1CCCN1NC=O. The summed E-state index contributed by atoms with van der Waals surface area (Å²) in [5, 5.41) is 1.93. The standard InChI is InChI=1S/C7H14N2O2/c1-11-5-7-3-2-4-9(7)8-6-10/h6-7H,2-5H2,1H3,(H,8,10)/t7-/m0/s1. The van der Waals surface area contributed by atoms with E-state index in [9.17, 15) is 4.79 Å². The van der Waals surface area contributed by atoms with Gasteiger partial charge in [0.15, 0.2) is 0 Å². The molecule has 0 saturated carbocycles. The quantitative estimate of drug-likeness (QED) is 0.574. The monoisotopic (exact) mass is 158 g/mol. The second-order valence-electron chi connectivity index (χ2n) is 2.69. The van der Waals surface area contributed by atoms with Crippen molar-refractivity contribution in [2.45, 2.75) is 18.9 Å². The highest BCUT2D eigenvalue weighted by molar-refractivity contribution is 5.45. The molecule has 0 aromatic carbocycles. The Morgan fingerprint density at radius 1 is 1.82 bits per heavy atom. The molecule has 0 aliphatic carbocycles. The third kappa shape index (κ3) is 2.17. The van der Waals surface area contributed by atoms with Gasteiger partial charge in [0.1, 0.15) is 0 Å². The van der Waals surface area contributed by atoms with Crippen molar-refractivity contribution in [1.29, 1.82) is 0 Å². The average molecular weight is 158 g/mol. The molecule has 1 atom stereocenters. The van der Waals surface area contributed by atoms with Crippen molar-refractivity contribution in [3.8, 4) is 0 Å². The van der Waals surface area contributed by atoms with Crippen LogP contribution in [-0.4, -0.2) is 37.7 Å². The summed E-state index contributed by atoms with van der Waals surface area (Å²) in [7, 11) is 1.68. The van der Waals surface area contributed by atoms with Crippen LogP contribution < -0.4 is 5.43 Å². The second-order valence-corrected chi connectivity index (χ2v) is 2.69. The minimum atomic E-state index is 0.366. The lowest BCUT2D eigenvalue weighted by Gasteiger charge is -2.21. The van der Waals surface area contributed by atoms with Gasteiger partial charge in [-0.05, 0) is 12.8 Å². The van der Waals surface area contributed by atoms with Gasteiger partial charge >= 0.3 is 0 Å². The number of hydrogen-bond donors (Lipinski definition) is 1. The highest BCUT2D eigenvalue weighted by Gasteiger charge is 2.23. The van der Waals surface area contributed by atoms with Crippen LogP contribution in [0.2, 0.25) is 0 Å². The fraction of sp³-hybridized carbons (Fsp3) is 0.857. The summed E-state index contributed by atoms with van der Waals surface area (Å²) in [5.41, 5.74) is 2.65. The van der Waals surface area contributed by atoms with Gasteiger partial charge in [-0.2, -0.15) is 0 Å². The Balaban J connectivity index is 2.31. The van der Waals surface area contributed by atoms with Gasteiger partial charge in [0.2, 0.25) is 6.41 Å². The molecule has 1 heterocycles. The molecule has 0 radical (unpaired) electrons. The van der Waals surface area contributed by atoms with Crippen LogP contribution in [0.4, 0.5) is 0 Å². The Kier molecular flexibility index (Phi) is 3.32. The molecule has 1 amide bonds. The molecular formula is C7H14N2O2. The van der Waals surface area contributed by atoms with Crippen LogP contribution in [0, 0.1) is 0 Å². The van der Waals surface area contributed by atoms with Crippen molar-refractivity contribution in [1.82, 2.24) is 10.4 Å². The summed E-state index contributed by atoms with van der Waals surface area (Å²) >= 11 is 0. The van der Waals surface area contributed by atoms with Crippen molar-refractivity contribution in [3.63, 3.8) is 0 Å². The average Bonchev–Trinajstić information content (AvgIpc) is 2.39. The molecule has 0 aromatic heterocycles. The zero-order chi connectivity index (χ0) is 8.10. The molecule has 4 heteroatoms. The molecule has 4 nitrogen and oxygen atoms in total. The normalized spacial score (nSPS) is 25.4. The zero-order valence-electron chi connectivity index (χ0n) is 6.75. The van der Waals surface area contributed by atoms with Gasteiger partial charge in [0.05, 0.1) is 12.6 Å². The third-order valence-electron chi connectivity index (χ3n) is 1.95. The predicted octanol–water partition coefficient (Wildman–Crippen LogP) is -0.242. The number of carbonyl (C=O) groups is 1. The van der Waals surface area contributed by atoms with Gasteiger partial charge in [-0.25, -0.2) is 5.01 Å². The summed E-state index contributed by atoms with van der Waals surface area (Å²) in [6.07, 6.45) is 2.96. The summed E-state index contributed by atoms with van der Waals surface area (Å²) in [4.78, 5) is 10.1. The Morgan fingerprint density at radius 3 is 3.27 bits per heavy atom. The maximum Gasteiger partial charge on any atom is 0.221 e. The van der Waals surface area contributed by atoms with Crippen LogP contribution in [0.15, 0.2) is 0 Å². The summed E-state index contributed by atoms with van der Waals surface area (Å²) in [5.74, 6) is 0. The van der Waals surface area contributed by atoms with Gasteiger partial charge in [0, 0.05) is 13.7 Å². The van der Waals surface area contributed by atoms with Crippen molar-refractivity contribution < 1.29 is 9.53 Å². The third-order valence-corrected chi connectivity index (χ3v) is 1.95. The van der Waals surface area contributed by atoms with E-state index in [0.717, 1.165) is 19.4 Å². The van der Waals surface area contributed by atoms with E-state index in [1.165, 1.54) is 0 Å². The number of amides is 1. The zero-order valence-corrected chi connectivity index (χ0v) is 6.75. The number of ether oxygens (including phenoxy) is 1. The molecular weight excluding hydrogens is 144 g/mol. The Labute approximate surface area is 66.5 Å². The largest absolute Gasteiger partial charge is 0.383 e. The Hall–Kier alpha value is -0.610. The number of nitrogens with zero attached hydrogens (tertiary/aromatic N) is 1. The first-order valence-corrected chi connectivity index (χ1v) is 3.84. The predicted molar refractivity (Wildman–Crippen MR) is 40.8 cm³/mol. The van der Waals surface area contributed by atoms with Gasteiger partial charge in [-0.3, -0.25) is 10.2 Å². The molecule has 1 rings (SSSR count). The first-order chi connectivity index (χ1) is 5.38. The molecule has 1 saturated heterocycles. The van der Waals surface area contributed by atoms with Gasteiger partial charge in [-0.15, -0.1) is 0 Å². The van der Waals surface area contributed by atoms with Crippen molar-refractivity contribution >= 4 is 6.41 Å². The summed E-state index contributed by atoms with van der Waals surface area (Å²) in [6, 6.07) is 0.366. The smallest absolute Gasteiger partial charge is 0.221 e. The first kappa shape index (κ1) is 8.49. The van der Waals surface area contributed by atoms with Crippen LogP contribution in [0.3, 0.4) is 0 Å². The van der Waals surface area contributed by atoms with E-state index in [1.54, 1.807) is 7.11 Å². The topological polar surface area (TPSA) is 41.6 Å². The van der Waals surface area contributed by atoms with E-state index in [2.05, 4.69) is 5.43 Å². The number of hydrazine groups is 1. The number of methoxy groups -OCH3 is 1. The van der Waals surface area contributed by atoms with E-state index in [4.69, 9.17) is 4.74 Å². The van der Waals surface area contributed by atoms with E-state index >= 15 is 0 Å². The Morgan fingerprint density at radius 2 is 2.64 bits per heavy atom. The summed E-state index contributed by atoms with van der Waals surface area (Å²) < 4.78 is 5.00. The van der Waals surface area contributed by atoms with Gasteiger partial charge in [-0.1, -0.05) is 0 Å². The maximum atomic E-state index is 10.1. The fourth-order valence-corrected chi connectivity index (χ4v) is 1.44. The molecule has 64 valence electrons. The van der Waals surface area contributed by atoms with Crippen LogP contribution in [-0.2, 0) is 9.53 Å². The first-order valence-electron chi connectivity index (χ1n) is 3.84. The van der Waals surface area contributed by atoms with E-state index in [0.29, 0.717) is 19.1 Å². The number of nitrogens with one attached hydrogen (secondary N) is 1. The minimum absolute atomic E-state index is 0.366. The molecule has 1 aliphatic rings. The molecule has 1 N–H and O–H groups in total. The number of rotatable bonds is 4. The Bertz CT molecular complexity index is 130. The van der Waals surface area contributed by atoms with Crippen LogP contribution in [0.1, 0.15) is 12.8 Å².